The molecule has 0 spiro atoms. The van der Waals surface area contributed by atoms with Crippen LogP contribution in [0.15, 0.2) is 59.1 Å². The molecule has 0 saturated heterocycles. The molecule has 2 rings (SSSR count). The van der Waals surface area contributed by atoms with Crippen molar-refractivity contribution >= 4 is 43.5 Å². The molecule has 0 aliphatic rings. The minimum absolute atomic E-state index is 0.259. The second kappa shape index (κ2) is 11.8. The summed E-state index contributed by atoms with van der Waals surface area (Å²) in [6.07, 6.45) is 2.01. The number of sulfonamides is 1. The molecule has 1 atom stereocenters. The minimum Gasteiger partial charge on any atom is -0.350 e. The Morgan fingerprint density at radius 1 is 1.06 bits per heavy atom. The maximum absolute atomic E-state index is 13.6. The lowest BCUT2D eigenvalue weighted by molar-refractivity contribution is -0.140. The first-order valence-corrected chi connectivity index (χ1v) is 13.8. The normalized spacial score (nSPS) is 12.6. The van der Waals surface area contributed by atoms with Crippen molar-refractivity contribution in [2.75, 3.05) is 23.7 Å². The Bertz CT molecular complexity index is 1080. The van der Waals surface area contributed by atoms with Crippen LogP contribution in [0.5, 0.6) is 0 Å². The van der Waals surface area contributed by atoms with Crippen LogP contribution in [0.4, 0.5) is 5.69 Å². The zero-order valence-corrected chi connectivity index (χ0v) is 22.8. The fourth-order valence-corrected chi connectivity index (χ4v) is 4.82. The van der Waals surface area contributed by atoms with E-state index in [9.17, 15) is 18.0 Å². The molecule has 2 amide bonds. The Hall–Kier alpha value is -2.39. The SMILES string of the molecule is CC[C@H](C(=O)NC(C)(C)C)N(CCc1ccccc1)C(=O)CN(c1cccc(Br)c1)S(C)(=O)=O. The van der Waals surface area contributed by atoms with Crippen molar-refractivity contribution in [3.8, 4) is 0 Å². The summed E-state index contributed by atoms with van der Waals surface area (Å²) in [5.41, 5.74) is 0.937. The average Bonchev–Trinajstić information content (AvgIpc) is 2.73. The van der Waals surface area contributed by atoms with E-state index in [2.05, 4.69) is 21.2 Å². The Kier molecular flexibility index (Phi) is 9.70. The van der Waals surface area contributed by atoms with E-state index >= 15 is 0 Å². The largest absolute Gasteiger partial charge is 0.350 e. The van der Waals surface area contributed by atoms with E-state index in [4.69, 9.17) is 0 Å². The lowest BCUT2D eigenvalue weighted by Gasteiger charge is -2.34. The van der Waals surface area contributed by atoms with Gasteiger partial charge in [-0.15, -0.1) is 0 Å². The Balaban J connectivity index is 2.38. The van der Waals surface area contributed by atoms with E-state index in [0.717, 1.165) is 16.1 Å². The van der Waals surface area contributed by atoms with Gasteiger partial charge in [-0.1, -0.05) is 59.3 Å². The zero-order chi connectivity index (χ0) is 25.5. The standard InChI is InChI=1S/C25H34BrN3O4S/c1-6-22(24(31)27-25(2,3)4)28(16-15-19-11-8-7-9-12-19)23(30)18-29(34(5,32)33)21-14-10-13-20(26)17-21/h7-14,17,22H,6,15-16,18H2,1-5H3,(H,27,31)/t22-/m1/s1. The van der Waals surface area contributed by atoms with E-state index in [1.165, 1.54) is 4.90 Å². The van der Waals surface area contributed by atoms with E-state index < -0.39 is 34.1 Å². The summed E-state index contributed by atoms with van der Waals surface area (Å²) in [7, 11) is -3.75. The number of hydrogen-bond donors (Lipinski definition) is 1. The van der Waals surface area contributed by atoms with Gasteiger partial charge in [0.15, 0.2) is 0 Å². The molecular weight excluding hydrogens is 518 g/mol. The molecule has 0 bridgehead atoms. The maximum atomic E-state index is 13.6. The van der Waals surface area contributed by atoms with Crippen LogP contribution >= 0.6 is 15.9 Å². The fourth-order valence-electron chi connectivity index (χ4n) is 3.59. The number of nitrogens with zero attached hydrogens (tertiary/aromatic N) is 2. The molecule has 34 heavy (non-hydrogen) atoms. The van der Waals surface area contributed by atoms with Crippen molar-refractivity contribution < 1.29 is 18.0 Å². The van der Waals surface area contributed by atoms with Crippen molar-refractivity contribution in [1.82, 2.24) is 10.2 Å². The van der Waals surface area contributed by atoms with Gasteiger partial charge in [-0.05, 0) is 57.4 Å². The quantitative estimate of drug-likeness (QED) is 0.483. The molecular formula is C25H34BrN3O4S. The Morgan fingerprint density at radius 2 is 1.71 bits per heavy atom. The molecule has 0 aromatic heterocycles. The van der Waals surface area contributed by atoms with Crippen LogP contribution in [-0.4, -0.2) is 56.1 Å². The minimum atomic E-state index is -3.75. The predicted molar refractivity (Wildman–Crippen MR) is 140 cm³/mol. The van der Waals surface area contributed by atoms with Crippen molar-refractivity contribution in [2.45, 2.75) is 52.1 Å². The first-order valence-electron chi connectivity index (χ1n) is 11.2. The first kappa shape index (κ1) is 27.9. The van der Waals surface area contributed by atoms with Crippen LogP contribution < -0.4 is 9.62 Å². The van der Waals surface area contributed by atoms with E-state index in [-0.39, 0.29) is 12.5 Å². The van der Waals surface area contributed by atoms with Crippen molar-refractivity contribution in [3.63, 3.8) is 0 Å². The topological polar surface area (TPSA) is 86.8 Å². The van der Waals surface area contributed by atoms with Gasteiger partial charge in [-0.2, -0.15) is 0 Å². The predicted octanol–water partition coefficient (Wildman–Crippen LogP) is 3.98. The van der Waals surface area contributed by atoms with Crippen LogP contribution in [0.2, 0.25) is 0 Å². The van der Waals surface area contributed by atoms with E-state index in [1.807, 2.05) is 58.0 Å². The number of carbonyl (C=O) groups is 2. The van der Waals surface area contributed by atoms with Crippen LogP contribution in [-0.2, 0) is 26.0 Å². The summed E-state index contributed by atoms with van der Waals surface area (Å²) >= 11 is 3.35. The molecule has 2 aromatic rings. The monoisotopic (exact) mass is 551 g/mol. The molecule has 9 heteroatoms. The summed E-state index contributed by atoms with van der Waals surface area (Å²) in [4.78, 5) is 28.2. The van der Waals surface area contributed by atoms with Crippen LogP contribution in [0.1, 0.15) is 39.7 Å². The Morgan fingerprint density at radius 3 is 2.24 bits per heavy atom. The highest BCUT2D eigenvalue weighted by Gasteiger charge is 2.32. The first-order chi connectivity index (χ1) is 15.8. The third kappa shape index (κ3) is 8.43. The maximum Gasteiger partial charge on any atom is 0.244 e. The molecule has 7 nitrogen and oxygen atoms in total. The van der Waals surface area contributed by atoms with Crippen molar-refractivity contribution in [2.24, 2.45) is 0 Å². The lowest BCUT2D eigenvalue weighted by Crippen LogP contribution is -2.56. The zero-order valence-electron chi connectivity index (χ0n) is 20.4. The molecule has 0 fully saturated rings. The third-order valence-electron chi connectivity index (χ3n) is 5.14. The van der Waals surface area contributed by atoms with E-state index in [0.29, 0.717) is 23.0 Å². The highest BCUT2D eigenvalue weighted by Crippen LogP contribution is 2.23. The second-order valence-electron chi connectivity index (χ2n) is 9.24. The van der Waals surface area contributed by atoms with E-state index in [1.54, 1.807) is 24.3 Å². The molecule has 0 aliphatic carbocycles. The molecule has 2 aromatic carbocycles. The lowest BCUT2D eigenvalue weighted by atomic mass is 10.1. The summed E-state index contributed by atoms with van der Waals surface area (Å²) < 4.78 is 27.0. The highest BCUT2D eigenvalue weighted by molar-refractivity contribution is 9.10. The number of hydrogen-bond acceptors (Lipinski definition) is 4. The van der Waals surface area contributed by atoms with Gasteiger partial charge in [0.1, 0.15) is 12.6 Å². The van der Waals surface area contributed by atoms with Gasteiger partial charge >= 0.3 is 0 Å². The van der Waals surface area contributed by atoms with Gasteiger partial charge in [-0.3, -0.25) is 13.9 Å². The molecule has 186 valence electrons. The molecule has 0 heterocycles. The third-order valence-corrected chi connectivity index (χ3v) is 6.78. The van der Waals surface area contributed by atoms with Crippen LogP contribution in [0, 0.1) is 0 Å². The van der Waals surface area contributed by atoms with Gasteiger partial charge in [-0.25, -0.2) is 8.42 Å². The molecule has 0 saturated carbocycles. The van der Waals surface area contributed by atoms with Gasteiger partial charge in [0.25, 0.3) is 0 Å². The molecule has 1 N–H and O–H groups in total. The number of rotatable bonds is 10. The van der Waals surface area contributed by atoms with Crippen LogP contribution in [0.25, 0.3) is 0 Å². The number of anilines is 1. The van der Waals surface area contributed by atoms with Crippen LogP contribution in [0.3, 0.4) is 0 Å². The highest BCUT2D eigenvalue weighted by atomic mass is 79.9. The fraction of sp³-hybridized carbons (Fsp3) is 0.440. The smallest absolute Gasteiger partial charge is 0.244 e. The van der Waals surface area contributed by atoms with Gasteiger partial charge in [0, 0.05) is 16.6 Å². The molecule has 0 aliphatic heterocycles. The number of carbonyl (C=O) groups excluding carboxylic acids is 2. The summed E-state index contributed by atoms with van der Waals surface area (Å²) in [6.45, 7) is 7.38. The number of halogens is 1. The van der Waals surface area contributed by atoms with Crippen molar-refractivity contribution in [1.29, 1.82) is 0 Å². The summed E-state index contributed by atoms with van der Waals surface area (Å²) in [6, 6.07) is 15.7. The van der Waals surface area contributed by atoms with Crippen molar-refractivity contribution in [3.05, 3.63) is 64.6 Å². The second-order valence-corrected chi connectivity index (χ2v) is 12.1. The summed E-state index contributed by atoms with van der Waals surface area (Å²) in [5, 5.41) is 2.96. The number of amides is 2. The average molecular weight is 553 g/mol. The Labute approximate surface area is 211 Å². The van der Waals surface area contributed by atoms with Gasteiger partial charge in [0.05, 0.1) is 11.9 Å². The number of nitrogens with one attached hydrogen (secondary N) is 1. The van der Waals surface area contributed by atoms with Gasteiger partial charge in [0.2, 0.25) is 21.8 Å². The molecule has 0 radical (unpaired) electrons. The summed E-state index contributed by atoms with van der Waals surface area (Å²) in [5.74, 6) is -0.693. The molecule has 0 unspecified atom stereocenters. The van der Waals surface area contributed by atoms with Gasteiger partial charge < -0.3 is 10.2 Å². The number of benzene rings is 2.